The van der Waals surface area contributed by atoms with Crippen molar-refractivity contribution in [2.45, 2.75) is 25.9 Å². The number of benzene rings is 1. The van der Waals surface area contributed by atoms with Crippen LogP contribution in [0, 0.1) is 15.9 Å². The summed E-state index contributed by atoms with van der Waals surface area (Å²) in [5.74, 6) is -0.705. The summed E-state index contributed by atoms with van der Waals surface area (Å²) in [7, 11) is 1.34. The highest BCUT2D eigenvalue weighted by atomic mass is 19.1. The van der Waals surface area contributed by atoms with E-state index in [1.807, 2.05) is 18.7 Å². The van der Waals surface area contributed by atoms with E-state index >= 15 is 0 Å². The molecule has 0 aromatic heterocycles. The van der Waals surface area contributed by atoms with Gasteiger partial charge in [0.25, 0.3) is 5.69 Å². The Morgan fingerprint density at radius 2 is 2.00 bits per heavy atom. The van der Waals surface area contributed by atoms with Crippen molar-refractivity contribution in [1.29, 1.82) is 0 Å². The van der Waals surface area contributed by atoms with Gasteiger partial charge in [0.2, 0.25) is 0 Å². The monoisotopic (exact) mass is 283 g/mol. The fourth-order valence-corrected chi connectivity index (χ4v) is 2.61. The number of piperazine rings is 1. The minimum Gasteiger partial charge on any atom is -0.494 e. The van der Waals surface area contributed by atoms with Gasteiger partial charge in [-0.3, -0.25) is 10.1 Å². The third-order valence-electron chi connectivity index (χ3n) is 3.34. The number of hydrogen-bond donors (Lipinski definition) is 1. The Bertz CT molecular complexity index is 514. The summed E-state index contributed by atoms with van der Waals surface area (Å²) >= 11 is 0. The number of ether oxygens (including phenoxy) is 1. The van der Waals surface area contributed by atoms with Crippen molar-refractivity contribution >= 4 is 11.4 Å². The molecule has 0 spiro atoms. The van der Waals surface area contributed by atoms with Crippen molar-refractivity contribution in [3.8, 4) is 5.75 Å². The number of anilines is 1. The molecule has 6 nitrogen and oxygen atoms in total. The summed E-state index contributed by atoms with van der Waals surface area (Å²) in [6.07, 6.45) is 0. The van der Waals surface area contributed by atoms with Crippen molar-refractivity contribution in [1.82, 2.24) is 5.32 Å². The van der Waals surface area contributed by atoms with E-state index in [4.69, 9.17) is 4.74 Å². The van der Waals surface area contributed by atoms with Gasteiger partial charge < -0.3 is 15.0 Å². The maximum Gasteiger partial charge on any atom is 0.295 e. The molecule has 2 atom stereocenters. The predicted molar refractivity (Wildman–Crippen MR) is 73.9 cm³/mol. The molecule has 20 heavy (non-hydrogen) atoms. The second-order valence-electron chi connectivity index (χ2n) is 5.11. The van der Waals surface area contributed by atoms with Gasteiger partial charge in [-0.05, 0) is 13.8 Å². The molecule has 1 aromatic rings. The summed E-state index contributed by atoms with van der Waals surface area (Å²) < 4.78 is 18.6. The maximum atomic E-state index is 13.7. The standard InChI is InChI=1S/C13H18FN3O3/c1-8-6-16(7-9(2)15-8)11-5-13(20-3)10(14)4-12(11)17(18)19/h4-5,8-9,15H,6-7H2,1-3H3. The first kappa shape index (κ1) is 14.5. The molecule has 1 aromatic carbocycles. The van der Waals surface area contributed by atoms with Crippen LogP contribution in [0.1, 0.15) is 13.8 Å². The molecular formula is C13H18FN3O3. The molecule has 0 aliphatic carbocycles. The molecule has 1 aliphatic rings. The second kappa shape index (κ2) is 5.62. The van der Waals surface area contributed by atoms with Gasteiger partial charge in [-0.1, -0.05) is 0 Å². The lowest BCUT2D eigenvalue weighted by Crippen LogP contribution is -2.54. The zero-order valence-electron chi connectivity index (χ0n) is 11.7. The summed E-state index contributed by atoms with van der Waals surface area (Å²) in [6.45, 7) is 5.27. The van der Waals surface area contributed by atoms with Crippen LogP contribution in [0.4, 0.5) is 15.8 Å². The Balaban J connectivity index is 2.45. The van der Waals surface area contributed by atoms with Gasteiger partial charge in [-0.2, -0.15) is 0 Å². The zero-order chi connectivity index (χ0) is 14.9. The quantitative estimate of drug-likeness (QED) is 0.678. The van der Waals surface area contributed by atoms with E-state index < -0.39 is 10.7 Å². The molecule has 110 valence electrons. The molecule has 1 saturated heterocycles. The lowest BCUT2D eigenvalue weighted by Gasteiger charge is -2.37. The van der Waals surface area contributed by atoms with Gasteiger partial charge in [0.15, 0.2) is 11.6 Å². The molecule has 2 unspecified atom stereocenters. The minimum atomic E-state index is -0.723. The number of rotatable bonds is 3. The van der Waals surface area contributed by atoms with E-state index in [-0.39, 0.29) is 23.5 Å². The van der Waals surface area contributed by atoms with Gasteiger partial charge in [0.05, 0.1) is 18.1 Å². The van der Waals surface area contributed by atoms with E-state index in [9.17, 15) is 14.5 Å². The van der Waals surface area contributed by atoms with E-state index in [0.717, 1.165) is 6.07 Å². The first-order valence-electron chi connectivity index (χ1n) is 6.45. The van der Waals surface area contributed by atoms with E-state index in [2.05, 4.69) is 5.32 Å². The lowest BCUT2D eigenvalue weighted by molar-refractivity contribution is -0.384. The number of nitro groups is 1. The van der Waals surface area contributed by atoms with Crippen molar-refractivity contribution in [2.75, 3.05) is 25.1 Å². The van der Waals surface area contributed by atoms with E-state index in [1.54, 1.807) is 0 Å². The molecule has 2 rings (SSSR count). The number of halogens is 1. The molecule has 0 radical (unpaired) electrons. The number of methoxy groups -OCH3 is 1. The first-order valence-corrected chi connectivity index (χ1v) is 6.45. The Morgan fingerprint density at radius 1 is 1.40 bits per heavy atom. The Morgan fingerprint density at radius 3 is 2.50 bits per heavy atom. The molecule has 0 saturated carbocycles. The van der Waals surface area contributed by atoms with Gasteiger partial charge in [-0.25, -0.2) is 4.39 Å². The number of nitrogens with zero attached hydrogens (tertiary/aromatic N) is 2. The average molecular weight is 283 g/mol. The van der Waals surface area contributed by atoms with Crippen molar-refractivity contribution < 1.29 is 14.1 Å². The molecule has 0 amide bonds. The van der Waals surface area contributed by atoms with Crippen LogP contribution in [0.3, 0.4) is 0 Å². The maximum absolute atomic E-state index is 13.7. The Hall–Kier alpha value is -1.89. The molecule has 1 aliphatic heterocycles. The average Bonchev–Trinajstić information content (AvgIpc) is 2.37. The van der Waals surface area contributed by atoms with Gasteiger partial charge >= 0.3 is 0 Å². The van der Waals surface area contributed by atoms with Crippen LogP contribution >= 0.6 is 0 Å². The molecule has 1 fully saturated rings. The first-order chi connectivity index (χ1) is 9.42. The highest BCUT2D eigenvalue weighted by Gasteiger charge is 2.28. The third-order valence-corrected chi connectivity index (χ3v) is 3.34. The van der Waals surface area contributed by atoms with E-state index in [0.29, 0.717) is 18.8 Å². The van der Waals surface area contributed by atoms with Gasteiger partial charge in [0, 0.05) is 31.2 Å². The molecule has 1 heterocycles. The van der Waals surface area contributed by atoms with E-state index in [1.165, 1.54) is 13.2 Å². The molecule has 1 N–H and O–H groups in total. The Kier molecular flexibility index (Phi) is 4.08. The van der Waals surface area contributed by atoms with Crippen molar-refractivity contribution in [2.24, 2.45) is 0 Å². The molecule has 7 heteroatoms. The zero-order valence-corrected chi connectivity index (χ0v) is 11.7. The highest BCUT2D eigenvalue weighted by molar-refractivity contribution is 5.66. The van der Waals surface area contributed by atoms with Crippen LogP contribution in [0.2, 0.25) is 0 Å². The normalized spacial score (nSPS) is 22.7. The summed E-state index contributed by atoms with van der Waals surface area (Å²) in [4.78, 5) is 12.5. The SMILES string of the molecule is COc1cc(N2CC(C)NC(C)C2)c([N+](=O)[O-])cc1F. The smallest absolute Gasteiger partial charge is 0.295 e. The fourth-order valence-electron chi connectivity index (χ4n) is 2.61. The van der Waals surface area contributed by atoms with Gasteiger partial charge in [-0.15, -0.1) is 0 Å². The number of nitro benzene ring substituents is 1. The summed E-state index contributed by atoms with van der Waals surface area (Å²) in [5, 5.41) is 14.5. The fraction of sp³-hybridized carbons (Fsp3) is 0.538. The Labute approximate surface area is 116 Å². The van der Waals surface area contributed by atoms with Crippen LogP contribution < -0.4 is 15.0 Å². The second-order valence-corrected chi connectivity index (χ2v) is 5.11. The minimum absolute atomic E-state index is 0.0180. The molecular weight excluding hydrogens is 265 g/mol. The number of hydrogen-bond acceptors (Lipinski definition) is 5. The lowest BCUT2D eigenvalue weighted by atomic mass is 10.1. The molecule has 0 bridgehead atoms. The van der Waals surface area contributed by atoms with Crippen LogP contribution in [0.15, 0.2) is 12.1 Å². The number of nitrogens with one attached hydrogen (secondary N) is 1. The predicted octanol–water partition coefficient (Wildman–Crippen LogP) is 1.93. The topological polar surface area (TPSA) is 67.6 Å². The van der Waals surface area contributed by atoms with Crippen LogP contribution in [-0.2, 0) is 0 Å². The largest absolute Gasteiger partial charge is 0.494 e. The highest BCUT2D eigenvalue weighted by Crippen LogP contribution is 2.35. The summed E-state index contributed by atoms with van der Waals surface area (Å²) in [5.41, 5.74) is 0.165. The van der Waals surface area contributed by atoms with Gasteiger partial charge in [0.1, 0.15) is 5.69 Å². The van der Waals surface area contributed by atoms with Crippen molar-refractivity contribution in [3.63, 3.8) is 0 Å². The van der Waals surface area contributed by atoms with Crippen LogP contribution in [-0.4, -0.2) is 37.2 Å². The summed E-state index contributed by atoms with van der Waals surface area (Å²) in [6, 6.07) is 2.73. The van der Waals surface area contributed by atoms with Crippen LogP contribution in [0.5, 0.6) is 5.75 Å². The van der Waals surface area contributed by atoms with Crippen molar-refractivity contribution in [3.05, 3.63) is 28.1 Å². The third kappa shape index (κ3) is 2.82. The van der Waals surface area contributed by atoms with Crippen LogP contribution in [0.25, 0.3) is 0 Å².